The Kier molecular flexibility index (Phi) is 15.4. The van der Waals surface area contributed by atoms with Crippen molar-refractivity contribution in [2.75, 3.05) is 59.0 Å². The van der Waals surface area contributed by atoms with E-state index in [0.717, 1.165) is 36.8 Å². The number of ether oxygens (including phenoxy) is 2. The van der Waals surface area contributed by atoms with Gasteiger partial charge >= 0.3 is 0 Å². The summed E-state index contributed by atoms with van der Waals surface area (Å²) in [6.45, 7) is 6.23. The Hall–Kier alpha value is -1.13. The number of hydrogen-bond donors (Lipinski definition) is 2. The summed E-state index contributed by atoms with van der Waals surface area (Å²) in [5, 5.41) is 6.54. The van der Waals surface area contributed by atoms with E-state index in [4.69, 9.17) is 9.47 Å². The number of aromatic nitrogens is 1. The lowest BCUT2D eigenvalue weighted by molar-refractivity contribution is 0.0487. The highest BCUT2D eigenvalue weighted by molar-refractivity contribution is 14.0. The fourth-order valence-electron chi connectivity index (χ4n) is 2.18. The van der Waals surface area contributed by atoms with E-state index in [-0.39, 0.29) is 24.0 Å². The standard InChI is InChI=1S/C18H33N5O2.HI/c1-5-6-11-24-13-14-25-12-10-21-18(19-2)22-15-16-8-7-9-20-17(16)23(3)4;/h7-9H,5-6,10-15H2,1-4H3,(H2,19,21,22);1H. The van der Waals surface area contributed by atoms with Gasteiger partial charge in [0, 0.05) is 52.6 Å². The molecule has 8 heteroatoms. The third-order valence-corrected chi connectivity index (χ3v) is 3.51. The van der Waals surface area contributed by atoms with Crippen LogP contribution in [0.15, 0.2) is 23.3 Å². The first-order valence-corrected chi connectivity index (χ1v) is 8.90. The van der Waals surface area contributed by atoms with Crippen molar-refractivity contribution in [3.05, 3.63) is 23.9 Å². The van der Waals surface area contributed by atoms with Crippen molar-refractivity contribution in [2.45, 2.75) is 26.3 Å². The van der Waals surface area contributed by atoms with Crippen molar-refractivity contribution >= 4 is 35.8 Å². The Morgan fingerprint density at radius 2 is 1.88 bits per heavy atom. The molecular formula is C18H34IN5O2. The van der Waals surface area contributed by atoms with Crippen molar-refractivity contribution in [3.63, 3.8) is 0 Å². The van der Waals surface area contributed by atoms with Crippen LogP contribution in [0.2, 0.25) is 0 Å². The van der Waals surface area contributed by atoms with Crippen LogP contribution < -0.4 is 15.5 Å². The molecule has 0 aliphatic heterocycles. The van der Waals surface area contributed by atoms with Crippen molar-refractivity contribution in [2.24, 2.45) is 4.99 Å². The molecule has 0 unspecified atom stereocenters. The SMILES string of the molecule is CCCCOCCOCCNC(=NC)NCc1cccnc1N(C)C.I. The molecule has 0 radical (unpaired) electrons. The van der Waals surface area contributed by atoms with Gasteiger partial charge in [-0.3, -0.25) is 4.99 Å². The van der Waals surface area contributed by atoms with E-state index in [1.807, 2.05) is 25.1 Å². The van der Waals surface area contributed by atoms with Crippen LogP contribution in [0.25, 0.3) is 0 Å². The Morgan fingerprint density at radius 3 is 2.54 bits per heavy atom. The summed E-state index contributed by atoms with van der Waals surface area (Å²) in [5.41, 5.74) is 1.12. The van der Waals surface area contributed by atoms with E-state index in [1.54, 1.807) is 13.2 Å². The monoisotopic (exact) mass is 479 g/mol. The number of guanidine groups is 1. The molecule has 0 aliphatic carbocycles. The molecule has 1 aromatic rings. The van der Waals surface area contributed by atoms with Crippen LogP contribution in [-0.4, -0.2) is 65.1 Å². The van der Waals surface area contributed by atoms with Gasteiger partial charge in [0.1, 0.15) is 5.82 Å². The molecule has 26 heavy (non-hydrogen) atoms. The van der Waals surface area contributed by atoms with E-state index in [1.165, 1.54) is 0 Å². The summed E-state index contributed by atoms with van der Waals surface area (Å²) < 4.78 is 11.0. The van der Waals surface area contributed by atoms with Gasteiger partial charge < -0.3 is 25.0 Å². The highest BCUT2D eigenvalue weighted by Crippen LogP contribution is 2.13. The Morgan fingerprint density at radius 1 is 1.15 bits per heavy atom. The van der Waals surface area contributed by atoms with Gasteiger partial charge in [-0.05, 0) is 12.5 Å². The minimum absolute atomic E-state index is 0. The molecule has 0 saturated heterocycles. The number of rotatable bonds is 12. The predicted octanol–water partition coefficient (Wildman–Crippen LogP) is 2.26. The third kappa shape index (κ3) is 10.8. The summed E-state index contributed by atoms with van der Waals surface area (Å²) in [6.07, 6.45) is 4.07. The molecule has 0 spiro atoms. The lowest BCUT2D eigenvalue weighted by Gasteiger charge is -2.17. The Labute approximate surface area is 175 Å². The smallest absolute Gasteiger partial charge is 0.191 e. The summed E-state index contributed by atoms with van der Waals surface area (Å²) in [6, 6.07) is 4.00. The highest BCUT2D eigenvalue weighted by Gasteiger charge is 2.06. The lowest BCUT2D eigenvalue weighted by atomic mass is 10.2. The molecule has 0 amide bonds. The molecule has 0 fully saturated rings. The highest BCUT2D eigenvalue weighted by atomic mass is 127. The first-order valence-electron chi connectivity index (χ1n) is 8.90. The first kappa shape index (κ1) is 24.9. The zero-order valence-corrected chi connectivity index (χ0v) is 18.8. The van der Waals surface area contributed by atoms with Gasteiger partial charge in [0.05, 0.1) is 19.8 Å². The zero-order chi connectivity index (χ0) is 18.3. The fraction of sp³-hybridized carbons (Fsp3) is 0.667. The number of pyridine rings is 1. The van der Waals surface area contributed by atoms with Crippen LogP contribution in [-0.2, 0) is 16.0 Å². The molecule has 0 aromatic carbocycles. The van der Waals surface area contributed by atoms with Crippen molar-refractivity contribution in [3.8, 4) is 0 Å². The molecule has 0 atom stereocenters. The quantitative estimate of drug-likeness (QED) is 0.208. The van der Waals surface area contributed by atoms with Gasteiger partial charge in [-0.25, -0.2) is 4.98 Å². The first-order chi connectivity index (χ1) is 12.2. The molecule has 2 N–H and O–H groups in total. The Balaban J connectivity index is 0.00000625. The molecule has 0 saturated carbocycles. The largest absolute Gasteiger partial charge is 0.379 e. The Bertz CT molecular complexity index is 500. The minimum Gasteiger partial charge on any atom is -0.379 e. The number of halogens is 1. The van der Waals surface area contributed by atoms with Crippen molar-refractivity contribution < 1.29 is 9.47 Å². The fourth-order valence-corrected chi connectivity index (χ4v) is 2.18. The summed E-state index contributed by atoms with van der Waals surface area (Å²) in [7, 11) is 5.73. The molecular weight excluding hydrogens is 445 g/mol. The summed E-state index contributed by atoms with van der Waals surface area (Å²) in [4.78, 5) is 10.6. The number of unbranched alkanes of at least 4 members (excludes halogenated alkanes) is 1. The molecule has 1 rings (SSSR count). The number of anilines is 1. The predicted molar refractivity (Wildman–Crippen MR) is 119 cm³/mol. The zero-order valence-electron chi connectivity index (χ0n) is 16.5. The van der Waals surface area contributed by atoms with E-state index < -0.39 is 0 Å². The molecule has 150 valence electrons. The number of nitrogens with one attached hydrogen (secondary N) is 2. The van der Waals surface area contributed by atoms with E-state index in [9.17, 15) is 0 Å². The van der Waals surface area contributed by atoms with Gasteiger partial charge in [-0.1, -0.05) is 19.4 Å². The van der Waals surface area contributed by atoms with Gasteiger partial charge in [0.2, 0.25) is 0 Å². The summed E-state index contributed by atoms with van der Waals surface area (Å²) in [5.74, 6) is 1.70. The van der Waals surface area contributed by atoms with Gasteiger partial charge in [-0.2, -0.15) is 0 Å². The van der Waals surface area contributed by atoms with Crippen molar-refractivity contribution in [1.82, 2.24) is 15.6 Å². The van der Waals surface area contributed by atoms with Crippen LogP contribution in [0, 0.1) is 0 Å². The maximum atomic E-state index is 5.54. The van der Waals surface area contributed by atoms with E-state index in [2.05, 4.69) is 33.6 Å². The average Bonchev–Trinajstić information content (AvgIpc) is 2.63. The van der Waals surface area contributed by atoms with Crippen LogP contribution >= 0.6 is 24.0 Å². The number of aliphatic imine (C=N–C) groups is 1. The molecule has 1 aromatic heterocycles. The number of nitrogens with zero attached hydrogens (tertiary/aromatic N) is 3. The maximum Gasteiger partial charge on any atom is 0.191 e. The third-order valence-electron chi connectivity index (χ3n) is 3.51. The molecule has 0 aliphatic rings. The summed E-state index contributed by atoms with van der Waals surface area (Å²) >= 11 is 0. The lowest BCUT2D eigenvalue weighted by Crippen LogP contribution is -2.38. The second-order valence-corrected chi connectivity index (χ2v) is 5.81. The minimum atomic E-state index is 0. The second kappa shape index (κ2) is 16.1. The molecule has 1 heterocycles. The van der Waals surface area contributed by atoms with Crippen LogP contribution in [0.3, 0.4) is 0 Å². The van der Waals surface area contributed by atoms with Crippen LogP contribution in [0.4, 0.5) is 5.82 Å². The van der Waals surface area contributed by atoms with Crippen molar-refractivity contribution in [1.29, 1.82) is 0 Å². The second-order valence-electron chi connectivity index (χ2n) is 5.81. The topological polar surface area (TPSA) is 71.0 Å². The van der Waals surface area contributed by atoms with Gasteiger partial charge in [0.15, 0.2) is 5.96 Å². The average molecular weight is 479 g/mol. The van der Waals surface area contributed by atoms with E-state index in [0.29, 0.717) is 32.9 Å². The molecule has 7 nitrogen and oxygen atoms in total. The van der Waals surface area contributed by atoms with Gasteiger partial charge in [-0.15, -0.1) is 24.0 Å². The van der Waals surface area contributed by atoms with Crippen LogP contribution in [0.5, 0.6) is 0 Å². The van der Waals surface area contributed by atoms with Crippen LogP contribution in [0.1, 0.15) is 25.3 Å². The number of hydrogen-bond acceptors (Lipinski definition) is 5. The molecule has 0 bridgehead atoms. The van der Waals surface area contributed by atoms with E-state index >= 15 is 0 Å². The normalized spacial score (nSPS) is 11.0. The van der Waals surface area contributed by atoms with Gasteiger partial charge in [0.25, 0.3) is 0 Å². The maximum absolute atomic E-state index is 5.54.